The van der Waals surface area contributed by atoms with Gasteiger partial charge in [0.15, 0.2) is 17.3 Å². The molecular weight excluding hydrogens is 336 g/mol. The van der Waals surface area contributed by atoms with Crippen LogP contribution in [0.5, 0.6) is 11.5 Å². The molecule has 0 radical (unpaired) electrons. The molecule has 0 spiro atoms. The maximum Gasteiger partial charge on any atom is 0.257 e. The highest BCUT2D eigenvalue weighted by molar-refractivity contribution is 6.04. The Hall–Kier alpha value is -3.55. The van der Waals surface area contributed by atoms with Crippen LogP contribution in [0.15, 0.2) is 47.2 Å². The van der Waals surface area contributed by atoms with E-state index in [1.54, 1.807) is 43.5 Å². The van der Waals surface area contributed by atoms with Crippen LogP contribution in [0.3, 0.4) is 0 Å². The van der Waals surface area contributed by atoms with Crippen molar-refractivity contribution in [3.8, 4) is 11.5 Å². The summed E-state index contributed by atoms with van der Waals surface area (Å²) in [5.41, 5.74) is 1.66. The standard InChI is InChI=1S/C18H16N4O4/c1-11-6-17(22-26-11)20-14-7-12(9-19-10-14)18(23)21-13-2-3-15-16(8-13)25-5-4-24-15/h2-3,6-10H,4-5H2,1H3,(H,20,22)(H,21,23). The van der Waals surface area contributed by atoms with Crippen molar-refractivity contribution in [2.24, 2.45) is 0 Å². The molecule has 26 heavy (non-hydrogen) atoms. The van der Waals surface area contributed by atoms with E-state index in [0.717, 1.165) is 0 Å². The summed E-state index contributed by atoms with van der Waals surface area (Å²) >= 11 is 0. The maximum atomic E-state index is 12.5. The Kier molecular flexibility index (Phi) is 4.14. The molecule has 0 fully saturated rings. The number of amides is 1. The molecule has 2 N–H and O–H groups in total. The highest BCUT2D eigenvalue weighted by Crippen LogP contribution is 2.32. The number of benzene rings is 1. The van der Waals surface area contributed by atoms with Crippen molar-refractivity contribution >= 4 is 23.1 Å². The van der Waals surface area contributed by atoms with Gasteiger partial charge in [0.05, 0.1) is 17.4 Å². The van der Waals surface area contributed by atoms with Crippen LogP contribution in [-0.2, 0) is 0 Å². The lowest BCUT2D eigenvalue weighted by Crippen LogP contribution is -2.16. The number of carbonyl (C=O) groups is 1. The largest absolute Gasteiger partial charge is 0.486 e. The summed E-state index contributed by atoms with van der Waals surface area (Å²) in [5.74, 6) is 2.24. The Bertz CT molecular complexity index is 954. The van der Waals surface area contributed by atoms with Gasteiger partial charge in [0.1, 0.15) is 19.0 Å². The van der Waals surface area contributed by atoms with Crippen molar-refractivity contribution in [2.75, 3.05) is 23.8 Å². The summed E-state index contributed by atoms with van der Waals surface area (Å²) in [6, 6.07) is 8.71. The van der Waals surface area contributed by atoms with Crippen molar-refractivity contribution in [1.29, 1.82) is 0 Å². The SMILES string of the molecule is Cc1cc(Nc2cncc(C(=O)Nc3ccc4c(c3)OCCO4)c2)no1. The molecule has 4 rings (SSSR count). The van der Waals surface area contributed by atoms with Gasteiger partial charge in [0, 0.05) is 24.0 Å². The number of anilines is 3. The number of carbonyl (C=O) groups excluding carboxylic acids is 1. The first kappa shape index (κ1) is 15.9. The predicted octanol–water partition coefficient (Wildman–Crippen LogP) is 3.15. The Morgan fingerprint density at radius 3 is 2.69 bits per heavy atom. The number of pyridine rings is 1. The van der Waals surface area contributed by atoms with E-state index in [-0.39, 0.29) is 5.91 Å². The fraction of sp³-hybridized carbons (Fsp3) is 0.167. The molecule has 1 aliphatic heterocycles. The first-order valence-corrected chi connectivity index (χ1v) is 8.04. The molecule has 8 nitrogen and oxygen atoms in total. The van der Waals surface area contributed by atoms with E-state index in [1.165, 1.54) is 6.20 Å². The Balaban J connectivity index is 1.48. The van der Waals surface area contributed by atoms with Crippen LogP contribution in [0.2, 0.25) is 0 Å². The summed E-state index contributed by atoms with van der Waals surface area (Å²) in [5, 5.41) is 9.72. The number of aromatic nitrogens is 2. The summed E-state index contributed by atoms with van der Waals surface area (Å²) < 4.78 is 16.0. The van der Waals surface area contributed by atoms with E-state index < -0.39 is 0 Å². The summed E-state index contributed by atoms with van der Waals surface area (Å²) in [6.45, 7) is 2.81. The Morgan fingerprint density at radius 2 is 1.88 bits per heavy atom. The number of aryl methyl sites for hydroxylation is 1. The van der Waals surface area contributed by atoms with Crippen LogP contribution in [-0.4, -0.2) is 29.3 Å². The quantitative estimate of drug-likeness (QED) is 0.744. The third kappa shape index (κ3) is 3.44. The van der Waals surface area contributed by atoms with Gasteiger partial charge in [-0.3, -0.25) is 9.78 Å². The average molecular weight is 352 g/mol. The zero-order valence-corrected chi connectivity index (χ0v) is 14.0. The second-order valence-electron chi connectivity index (χ2n) is 5.72. The molecule has 1 amide bonds. The molecule has 3 heterocycles. The molecule has 2 aromatic heterocycles. The molecule has 1 aliphatic rings. The maximum absolute atomic E-state index is 12.5. The number of hydrogen-bond donors (Lipinski definition) is 2. The molecule has 1 aromatic carbocycles. The van der Waals surface area contributed by atoms with E-state index in [0.29, 0.717) is 53.2 Å². The van der Waals surface area contributed by atoms with E-state index in [9.17, 15) is 4.79 Å². The third-order valence-corrected chi connectivity index (χ3v) is 3.70. The number of fused-ring (bicyclic) bond motifs is 1. The fourth-order valence-electron chi connectivity index (χ4n) is 2.53. The van der Waals surface area contributed by atoms with Crippen molar-refractivity contribution in [3.05, 3.63) is 54.0 Å². The van der Waals surface area contributed by atoms with Crippen molar-refractivity contribution < 1.29 is 18.8 Å². The first-order valence-electron chi connectivity index (χ1n) is 8.04. The second kappa shape index (κ2) is 6.75. The van der Waals surface area contributed by atoms with E-state index in [4.69, 9.17) is 14.0 Å². The predicted molar refractivity (Wildman–Crippen MR) is 94.1 cm³/mol. The minimum Gasteiger partial charge on any atom is -0.486 e. The van der Waals surface area contributed by atoms with Crippen molar-refractivity contribution in [1.82, 2.24) is 10.1 Å². The summed E-state index contributed by atoms with van der Waals surface area (Å²) in [7, 11) is 0. The zero-order chi connectivity index (χ0) is 17.9. The Morgan fingerprint density at radius 1 is 1.04 bits per heavy atom. The molecule has 0 aliphatic carbocycles. The third-order valence-electron chi connectivity index (χ3n) is 3.70. The van der Waals surface area contributed by atoms with Gasteiger partial charge < -0.3 is 24.6 Å². The molecule has 0 atom stereocenters. The smallest absolute Gasteiger partial charge is 0.257 e. The van der Waals surface area contributed by atoms with E-state index in [2.05, 4.69) is 20.8 Å². The highest BCUT2D eigenvalue weighted by atomic mass is 16.6. The van der Waals surface area contributed by atoms with Crippen LogP contribution in [0.25, 0.3) is 0 Å². The van der Waals surface area contributed by atoms with Gasteiger partial charge in [-0.05, 0) is 25.1 Å². The van der Waals surface area contributed by atoms with Crippen molar-refractivity contribution in [3.63, 3.8) is 0 Å². The molecule has 0 saturated heterocycles. The van der Waals surface area contributed by atoms with Gasteiger partial charge >= 0.3 is 0 Å². The van der Waals surface area contributed by atoms with Gasteiger partial charge in [-0.15, -0.1) is 0 Å². The molecule has 0 bridgehead atoms. The second-order valence-corrected chi connectivity index (χ2v) is 5.72. The van der Waals surface area contributed by atoms with E-state index >= 15 is 0 Å². The number of nitrogens with zero attached hydrogens (tertiary/aromatic N) is 2. The Labute approximate surface area is 149 Å². The molecule has 8 heteroatoms. The van der Waals surface area contributed by atoms with Crippen LogP contribution in [0, 0.1) is 6.92 Å². The monoisotopic (exact) mass is 352 g/mol. The van der Waals surface area contributed by atoms with Crippen LogP contribution in [0.1, 0.15) is 16.1 Å². The highest BCUT2D eigenvalue weighted by Gasteiger charge is 2.14. The van der Waals surface area contributed by atoms with Gasteiger partial charge in [-0.25, -0.2) is 0 Å². The zero-order valence-electron chi connectivity index (χ0n) is 14.0. The fourth-order valence-corrected chi connectivity index (χ4v) is 2.53. The van der Waals surface area contributed by atoms with Gasteiger partial charge in [-0.2, -0.15) is 0 Å². The number of nitrogens with one attached hydrogen (secondary N) is 2. The first-order chi connectivity index (χ1) is 12.7. The number of rotatable bonds is 4. The van der Waals surface area contributed by atoms with E-state index in [1.807, 2.05) is 0 Å². The van der Waals surface area contributed by atoms with Gasteiger partial charge in [-0.1, -0.05) is 5.16 Å². The summed E-state index contributed by atoms with van der Waals surface area (Å²) in [6.07, 6.45) is 3.09. The van der Waals surface area contributed by atoms with Crippen LogP contribution >= 0.6 is 0 Å². The molecular formula is C18H16N4O4. The summed E-state index contributed by atoms with van der Waals surface area (Å²) in [4.78, 5) is 16.6. The minimum atomic E-state index is -0.283. The normalized spacial score (nSPS) is 12.5. The minimum absolute atomic E-state index is 0.283. The van der Waals surface area contributed by atoms with Gasteiger partial charge in [0.2, 0.25) is 0 Å². The molecule has 0 unspecified atom stereocenters. The lowest BCUT2D eigenvalue weighted by molar-refractivity contribution is 0.102. The molecule has 132 valence electrons. The topological polar surface area (TPSA) is 98.5 Å². The lowest BCUT2D eigenvalue weighted by Gasteiger charge is -2.19. The number of ether oxygens (including phenoxy) is 2. The van der Waals surface area contributed by atoms with Crippen molar-refractivity contribution in [2.45, 2.75) is 6.92 Å². The number of hydrogen-bond acceptors (Lipinski definition) is 7. The van der Waals surface area contributed by atoms with Gasteiger partial charge in [0.25, 0.3) is 5.91 Å². The lowest BCUT2D eigenvalue weighted by atomic mass is 10.2. The van der Waals surface area contributed by atoms with Crippen LogP contribution in [0.4, 0.5) is 17.2 Å². The average Bonchev–Trinajstić information content (AvgIpc) is 3.06. The molecule has 3 aromatic rings. The molecule has 0 saturated carbocycles. The van der Waals surface area contributed by atoms with Crippen LogP contribution < -0.4 is 20.1 Å².